The maximum atomic E-state index is 5.66. The van der Waals surface area contributed by atoms with Gasteiger partial charge in [0.2, 0.25) is 0 Å². The molecule has 0 aliphatic rings. The van der Waals surface area contributed by atoms with Crippen molar-refractivity contribution in [3.05, 3.63) is 28.2 Å². The Labute approximate surface area is 130 Å². The van der Waals surface area contributed by atoms with E-state index in [1.165, 1.54) is 32.1 Å². The van der Waals surface area contributed by atoms with Gasteiger partial charge in [-0.25, -0.2) is 0 Å². The summed E-state index contributed by atoms with van der Waals surface area (Å²) in [7, 11) is 0. The van der Waals surface area contributed by atoms with Gasteiger partial charge < -0.3 is 11.1 Å². The fraction of sp³-hybridized carbons (Fsp3) is 0.533. The highest BCUT2D eigenvalue weighted by Crippen LogP contribution is 2.23. The smallest absolute Gasteiger partial charge is 0.105 e. The second-order valence-electron chi connectivity index (χ2n) is 4.83. The number of rotatable bonds is 8. The zero-order chi connectivity index (χ0) is 14.3. The third-order valence-corrected chi connectivity index (χ3v) is 4.02. The van der Waals surface area contributed by atoms with Crippen molar-refractivity contribution in [2.45, 2.75) is 52.0 Å². The van der Waals surface area contributed by atoms with Crippen LogP contribution in [0.15, 0.2) is 22.7 Å². The van der Waals surface area contributed by atoms with Crippen molar-refractivity contribution in [1.82, 2.24) is 0 Å². The number of benzene rings is 1. The maximum absolute atomic E-state index is 5.66. The molecule has 0 saturated heterocycles. The van der Waals surface area contributed by atoms with E-state index in [4.69, 9.17) is 18.0 Å². The fourth-order valence-electron chi connectivity index (χ4n) is 2.13. The molecule has 3 N–H and O–H groups in total. The Kier molecular flexibility index (Phi) is 7.39. The van der Waals surface area contributed by atoms with Crippen LogP contribution in [0.25, 0.3) is 0 Å². The largest absolute Gasteiger partial charge is 0.389 e. The number of hydrogen-bond acceptors (Lipinski definition) is 2. The van der Waals surface area contributed by atoms with E-state index in [2.05, 4.69) is 41.2 Å². The van der Waals surface area contributed by atoms with Crippen molar-refractivity contribution in [1.29, 1.82) is 0 Å². The zero-order valence-electron chi connectivity index (χ0n) is 11.7. The normalized spacial score (nSPS) is 12.2. The Morgan fingerprint density at radius 1 is 1.32 bits per heavy atom. The fourth-order valence-corrected chi connectivity index (χ4v) is 3.03. The van der Waals surface area contributed by atoms with E-state index in [1.807, 2.05) is 12.1 Å². The minimum atomic E-state index is 0.425. The minimum Gasteiger partial charge on any atom is -0.389 e. The van der Waals surface area contributed by atoms with Gasteiger partial charge in [-0.3, -0.25) is 0 Å². The van der Waals surface area contributed by atoms with Crippen molar-refractivity contribution >= 4 is 38.8 Å². The van der Waals surface area contributed by atoms with Gasteiger partial charge in [0.25, 0.3) is 0 Å². The Balaban J connectivity index is 2.73. The maximum Gasteiger partial charge on any atom is 0.105 e. The molecule has 0 saturated carbocycles. The lowest BCUT2D eigenvalue weighted by Crippen LogP contribution is -2.19. The summed E-state index contributed by atoms with van der Waals surface area (Å²) in [5, 5.41) is 3.61. The molecular formula is C15H23BrN2S. The summed E-state index contributed by atoms with van der Waals surface area (Å²) in [5.74, 6) is 0. The average Bonchev–Trinajstić information content (AvgIpc) is 2.36. The zero-order valence-corrected chi connectivity index (χ0v) is 14.1. The van der Waals surface area contributed by atoms with E-state index in [0.717, 1.165) is 15.7 Å². The molecule has 0 fully saturated rings. The van der Waals surface area contributed by atoms with Crippen LogP contribution in [0.2, 0.25) is 0 Å². The first kappa shape index (κ1) is 16.4. The summed E-state index contributed by atoms with van der Waals surface area (Å²) in [4.78, 5) is 0.425. The molecule has 2 nitrogen and oxygen atoms in total. The van der Waals surface area contributed by atoms with Gasteiger partial charge in [0.05, 0.1) is 0 Å². The molecular weight excluding hydrogens is 320 g/mol. The lowest BCUT2D eigenvalue weighted by atomic mass is 10.0. The van der Waals surface area contributed by atoms with E-state index in [9.17, 15) is 0 Å². The van der Waals surface area contributed by atoms with E-state index in [-0.39, 0.29) is 0 Å². The minimum absolute atomic E-state index is 0.425. The molecule has 0 aliphatic heterocycles. The molecule has 0 bridgehead atoms. The Hall–Kier alpha value is -0.610. The van der Waals surface area contributed by atoms with E-state index < -0.39 is 0 Å². The molecule has 0 spiro atoms. The Morgan fingerprint density at radius 2 is 2.05 bits per heavy atom. The quantitative estimate of drug-likeness (QED) is 0.663. The summed E-state index contributed by atoms with van der Waals surface area (Å²) in [6.07, 6.45) is 6.14. The number of anilines is 1. The van der Waals surface area contributed by atoms with E-state index in [1.54, 1.807) is 0 Å². The highest BCUT2D eigenvalue weighted by Gasteiger charge is 2.09. The Morgan fingerprint density at radius 3 is 2.58 bits per heavy atom. The van der Waals surface area contributed by atoms with Crippen LogP contribution < -0.4 is 11.1 Å². The molecule has 106 valence electrons. The van der Waals surface area contributed by atoms with Crippen molar-refractivity contribution in [2.75, 3.05) is 5.32 Å². The highest BCUT2D eigenvalue weighted by molar-refractivity contribution is 9.10. The van der Waals surface area contributed by atoms with Crippen LogP contribution in [0.5, 0.6) is 0 Å². The number of thiocarbonyl (C=S) groups is 1. The molecule has 1 aromatic rings. The molecule has 1 unspecified atom stereocenters. The van der Waals surface area contributed by atoms with Crippen molar-refractivity contribution in [3.63, 3.8) is 0 Å². The summed E-state index contributed by atoms with van der Waals surface area (Å²) in [6.45, 7) is 4.46. The lowest BCUT2D eigenvalue weighted by Gasteiger charge is -2.19. The van der Waals surface area contributed by atoms with Crippen LogP contribution in [0.3, 0.4) is 0 Å². The number of nitrogens with two attached hydrogens (primary N) is 1. The van der Waals surface area contributed by atoms with E-state index in [0.29, 0.717) is 11.0 Å². The third kappa shape index (κ3) is 5.49. The molecule has 0 aliphatic carbocycles. The highest BCUT2D eigenvalue weighted by atomic mass is 79.9. The average molecular weight is 343 g/mol. The standard InChI is InChI=1S/C15H23BrN2S/c1-3-5-7-11(6-4-2)18-12-8-9-13(15(17)19)14(16)10-12/h8-11,18H,3-7H2,1-2H3,(H2,17,19). The second kappa shape index (κ2) is 8.54. The molecule has 0 aromatic heterocycles. The number of halogens is 1. The van der Waals surface area contributed by atoms with Crippen LogP contribution in [0.1, 0.15) is 51.5 Å². The first-order chi connectivity index (χ1) is 9.08. The second-order valence-corrected chi connectivity index (χ2v) is 6.13. The predicted molar refractivity (Wildman–Crippen MR) is 91.9 cm³/mol. The molecule has 0 amide bonds. The topological polar surface area (TPSA) is 38.0 Å². The van der Waals surface area contributed by atoms with Gasteiger partial charge in [-0.15, -0.1) is 0 Å². The van der Waals surface area contributed by atoms with Gasteiger partial charge in [0.15, 0.2) is 0 Å². The van der Waals surface area contributed by atoms with Gasteiger partial charge in [-0.2, -0.15) is 0 Å². The number of hydrogen-bond donors (Lipinski definition) is 2. The summed E-state index contributed by atoms with van der Waals surface area (Å²) >= 11 is 8.53. The first-order valence-electron chi connectivity index (χ1n) is 6.94. The molecule has 1 atom stereocenters. The first-order valence-corrected chi connectivity index (χ1v) is 8.14. The molecule has 1 aromatic carbocycles. The van der Waals surface area contributed by atoms with Gasteiger partial charge in [-0.05, 0) is 47.0 Å². The molecule has 4 heteroatoms. The SMILES string of the molecule is CCCCC(CCC)Nc1ccc(C(N)=S)c(Br)c1. The van der Waals surface area contributed by atoms with Crippen LogP contribution in [0.4, 0.5) is 5.69 Å². The lowest BCUT2D eigenvalue weighted by molar-refractivity contribution is 0.564. The molecule has 1 rings (SSSR count). The number of unbranched alkanes of at least 4 members (excludes halogenated alkanes) is 1. The van der Waals surface area contributed by atoms with Crippen molar-refractivity contribution in [2.24, 2.45) is 5.73 Å². The monoisotopic (exact) mass is 342 g/mol. The summed E-state index contributed by atoms with van der Waals surface area (Å²) in [5.41, 5.74) is 7.68. The predicted octanol–water partition coefficient (Wildman–Crippen LogP) is 4.85. The number of nitrogens with one attached hydrogen (secondary N) is 1. The van der Waals surface area contributed by atoms with E-state index >= 15 is 0 Å². The molecule has 0 radical (unpaired) electrons. The van der Waals surface area contributed by atoms with Gasteiger partial charge in [-0.1, -0.05) is 45.3 Å². The van der Waals surface area contributed by atoms with Crippen LogP contribution >= 0.6 is 28.1 Å². The van der Waals surface area contributed by atoms with Gasteiger partial charge in [0.1, 0.15) is 4.99 Å². The van der Waals surface area contributed by atoms with Crippen molar-refractivity contribution in [3.8, 4) is 0 Å². The Bertz CT molecular complexity index is 421. The molecule has 0 heterocycles. The van der Waals surface area contributed by atoms with Crippen LogP contribution in [-0.2, 0) is 0 Å². The van der Waals surface area contributed by atoms with Crippen LogP contribution in [-0.4, -0.2) is 11.0 Å². The van der Waals surface area contributed by atoms with Crippen LogP contribution in [0, 0.1) is 0 Å². The summed E-state index contributed by atoms with van der Waals surface area (Å²) in [6, 6.07) is 6.63. The molecule has 19 heavy (non-hydrogen) atoms. The van der Waals surface area contributed by atoms with Crippen molar-refractivity contribution < 1.29 is 0 Å². The van der Waals surface area contributed by atoms with Gasteiger partial charge >= 0.3 is 0 Å². The van der Waals surface area contributed by atoms with Gasteiger partial charge in [0, 0.05) is 21.8 Å². The summed E-state index contributed by atoms with van der Waals surface area (Å²) < 4.78 is 0.954. The third-order valence-electron chi connectivity index (χ3n) is 3.15.